The van der Waals surface area contributed by atoms with Crippen molar-refractivity contribution < 1.29 is 5.11 Å². The maximum Gasteiger partial charge on any atom is 0.0677 e. The number of benzene rings is 1. The summed E-state index contributed by atoms with van der Waals surface area (Å²) in [5.41, 5.74) is 1.34. The Morgan fingerprint density at radius 1 is 1.26 bits per heavy atom. The van der Waals surface area contributed by atoms with Crippen LogP contribution in [0.1, 0.15) is 33.3 Å². The van der Waals surface area contributed by atoms with Crippen molar-refractivity contribution in [3.8, 4) is 0 Å². The molecule has 3 nitrogen and oxygen atoms in total. The zero-order valence-corrected chi connectivity index (χ0v) is 12.6. The third-order valence-corrected chi connectivity index (χ3v) is 3.32. The van der Waals surface area contributed by atoms with Crippen LogP contribution in [-0.4, -0.2) is 41.3 Å². The molecule has 1 saturated heterocycles. The molecule has 0 spiro atoms. The predicted molar refractivity (Wildman–Crippen MR) is 81.1 cm³/mol. The summed E-state index contributed by atoms with van der Waals surface area (Å²) in [6.45, 7) is 11.0. The van der Waals surface area contributed by atoms with E-state index < -0.39 is 0 Å². The van der Waals surface area contributed by atoms with Crippen molar-refractivity contribution in [1.82, 2.24) is 10.2 Å². The largest absolute Gasteiger partial charge is 0.392 e. The van der Waals surface area contributed by atoms with Crippen molar-refractivity contribution in [2.75, 3.05) is 13.1 Å². The molecule has 2 N–H and O–H groups in total. The molecule has 1 fully saturated rings. The van der Waals surface area contributed by atoms with Crippen LogP contribution in [-0.2, 0) is 6.54 Å². The molecule has 1 aromatic rings. The van der Waals surface area contributed by atoms with E-state index in [0.717, 1.165) is 19.6 Å². The number of aliphatic hydroxyl groups excluding tert-OH is 1. The number of piperazine rings is 1. The van der Waals surface area contributed by atoms with Crippen molar-refractivity contribution >= 4 is 0 Å². The molecule has 108 valence electrons. The average Bonchev–Trinajstić information content (AvgIpc) is 2.41. The average molecular weight is 264 g/mol. The van der Waals surface area contributed by atoms with Crippen LogP contribution >= 0.6 is 0 Å². The molecule has 1 heterocycles. The summed E-state index contributed by atoms with van der Waals surface area (Å²) in [5.74, 6) is 0. The molecule has 0 bridgehead atoms. The minimum absolute atomic E-state index is 0.183. The molecular formula is C16H28N2O. The van der Waals surface area contributed by atoms with E-state index >= 15 is 0 Å². The molecule has 1 aromatic carbocycles. The van der Waals surface area contributed by atoms with Crippen molar-refractivity contribution in [2.45, 2.75) is 52.4 Å². The van der Waals surface area contributed by atoms with Crippen LogP contribution in [0.3, 0.4) is 0 Å². The summed E-state index contributed by atoms with van der Waals surface area (Å²) in [6.07, 6.45) is -0.295. The first-order valence-electron chi connectivity index (χ1n) is 7.35. The Kier molecular flexibility index (Phi) is 7.06. The van der Waals surface area contributed by atoms with Gasteiger partial charge in [-0.15, -0.1) is 0 Å². The first-order valence-corrected chi connectivity index (χ1v) is 7.35. The zero-order chi connectivity index (χ0) is 14.3. The van der Waals surface area contributed by atoms with E-state index in [9.17, 15) is 5.11 Å². The molecule has 19 heavy (non-hydrogen) atoms. The Balaban J connectivity index is 0.000000861. The standard InChI is InChI=1S/C14H22N2O.C2H6/c1-11-8-16(10-14(15-11)12(2)17)9-13-6-4-3-5-7-13;1-2/h3-7,11-12,14-15,17H,8-10H2,1-2H3;1-2H3/t11?,12?,14-;/m0./s1. The second-order valence-corrected chi connectivity index (χ2v) is 5.09. The second-order valence-electron chi connectivity index (χ2n) is 5.09. The van der Waals surface area contributed by atoms with Gasteiger partial charge in [0.2, 0.25) is 0 Å². The van der Waals surface area contributed by atoms with Crippen molar-refractivity contribution in [3.05, 3.63) is 35.9 Å². The van der Waals surface area contributed by atoms with E-state index in [0.29, 0.717) is 6.04 Å². The van der Waals surface area contributed by atoms with Gasteiger partial charge in [0.05, 0.1) is 6.10 Å². The molecule has 0 aromatic heterocycles. The topological polar surface area (TPSA) is 35.5 Å². The van der Waals surface area contributed by atoms with Gasteiger partial charge in [-0.25, -0.2) is 0 Å². The Bertz CT molecular complexity index is 340. The molecule has 0 aliphatic carbocycles. The summed E-state index contributed by atoms with van der Waals surface area (Å²) in [4.78, 5) is 2.41. The van der Waals surface area contributed by atoms with E-state index in [1.807, 2.05) is 26.8 Å². The summed E-state index contributed by atoms with van der Waals surface area (Å²) in [5, 5.41) is 13.1. The highest BCUT2D eigenvalue weighted by atomic mass is 16.3. The van der Waals surface area contributed by atoms with Gasteiger partial charge in [0.25, 0.3) is 0 Å². The van der Waals surface area contributed by atoms with Gasteiger partial charge < -0.3 is 10.4 Å². The first kappa shape index (κ1) is 16.2. The number of rotatable bonds is 3. The van der Waals surface area contributed by atoms with Gasteiger partial charge in [-0.05, 0) is 19.4 Å². The Morgan fingerprint density at radius 3 is 2.47 bits per heavy atom. The van der Waals surface area contributed by atoms with Gasteiger partial charge >= 0.3 is 0 Å². The monoisotopic (exact) mass is 264 g/mol. The lowest BCUT2D eigenvalue weighted by Gasteiger charge is -2.39. The van der Waals surface area contributed by atoms with Crippen LogP contribution in [0.25, 0.3) is 0 Å². The maximum atomic E-state index is 9.69. The molecule has 2 unspecified atom stereocenters. The number of nitrogens with zero attached hydrogens (tertiary/aromatic N) is 1. The number of hydrogen-bond donors (Lipinski definition) is 2. The fourth-order valence-corrected chi connectivity index (χ4v) is 2.47. The lowest BCUT2D eigenvalue weighted by molar-refractivity contribution is 0.0721. The van der Waals surface area contributed by atoms with Gasteiger partial charge in [-0.2, -0.15) is 0 Å². The first-order chi connectivity index (χ1) is 9.15. The SMILES string of the molecule is CC.CC1CN(Cc2ccccc2)C[C@@H](C(C)O)N1. The lowest BCUT2D eigenvalue weighted by Crippen LogP contribution is -2.58. The molecule has 2 rings (SSSR count). The van der Waals surface area contributed by atoms with Gasteiger partial charge in [0, 0.05) is 31.7 Å². The summed E-state index contributed by atoms with van der Waals surface area (Å²) in [7, 11) is 0. The Morgan fingerprint density at radius 2 is 1.89 bits per heavy atom. The summed E-state index contributed by atoms with van der Waals surface area (Å²) in [6, 6.07) is 11.1. The van der Waals surface area contributed by atoms with Crippen LogP contribution in [0, 0.1) is 0 Å². The third kappa shape index (κ3) is 5.31. The smallest absolute Gasteiger partial charge is 0.0677 e. The van der Waals surface area contributed by atoms with Gasteiger partial charge in [-0.1, -0.05) is 44.2 Å². The fraction of sp³-hybridized carbons (Fsp3) is 0.625. The van der Waals surface area contributed by atoms with Crippen LogP contribution in [0.15, 0.2) is 30.3 Å². The van der Waals surface area contributed by atoms with Gasteiger partial charge in [0.1, 0.15) is 0 Å². The highest BCUT2D eigenvalue weighted by molar-refractivity contribution is 5.14. The molecule has 3 heteroatoms. The van der Waals surface area contributed by atoms with Crippen LogP contribution in [0.5, 0.6) is 0 Å². The normalized spacial score (nSPS) is 25.3. The van der Waals surface area contributed by atoms with Crippen LogP contribution in [0.4, 0.5) is 0 Å². The number of nitrogens with one attached hydrogen (secondary N) is 1. The highest BCUT2D eigenvalue weighted by Crippen LogP contribution is 2.11. The van der Waals surface area contributed by atoms with E-state index in [1.165, 1.54) is 5.56 Å². The van der Waals surface area contributed by atoms with Crippen molar-refractivity contribution in [1.29, 1.82) is 0 Å². The Hall–Kier alpha value is -0.900. The van der Waals surface area contributed by atoms with Crippen LogP contribution < -0.4 is 5.32 Å². The van der Waals surface area contributed by atoms with E-state index in [-0.39, 0.29) is 12.1 Å². The molecule has 0 saturated carbocycles. The molecule has 0 radical (unpaired) electrons. The van der Waals surface area contributed by atoms with E-state index in [2.05, 4.69) is 41.4 Å². The Labute approximate surface area is 117 Å². The second kappa shape index (κ2) is 8.31. The molecule has 1 aliphatic heterocycles. The molecule has 1 aliphatic rings. The minimum Gasteiger partial charge on any atom is -0.392 e. The third-order valence-electron chi connectivity index (χ3n) is 3.32. The lowest BCUT2D eigenvalue weighted by atomic mass is 10.1. The summed E-state index contributed by atoms with van der Waals surface area (Å²) >= 11 is 0. The summed E-state index contributed by atoms with van der Waals surface area (Å²) < 4.78 is 0. The van der Waals surface area contributed by atoms with Crippen LogP contribution in [0.2, 0.25) is 0 Å². The van der Waals surface area contributed by atoms with Gasteiger partial charge in [-0.3, -0.25) is 4.90 Å². The zero-order valence-electron chi connectivity index (χ0n) is 12.6. The highest BCUT2D eigenvalue weighted by Gasteiger charge is 2.26. The predicted octanol–water partition coefficient (Wildman–Crippen LogP) is 2.26. The van der Waals surface area contributed by atoms with E-state index in [4.69, 9.17) is 0 Å². The number of hydrogen-bond acceptors (Lipinski definition) is 3. The van der Waals surface area contributed by atoms with E-state index in [1.54, 1.807) is 0 Å². The minimum atomic E-state index is -0.295. The molecule has 3 atom stereocenters. The quantitative estimate of drug-likeness (QED) is 0.879. The molecule has 0 amide bonds. The van der Waals surface area contributed by atoms with Crippen molar-refractivity contribution in [2.24, 2.45) is 0 Å². The molecular weight excluding hydrogens is 236 g/mol. The maximum absolute atomic E-state index is 9.69. The van der Waals surface area contributed by atoms with Crippen molar-refractivity contribution in [3.63, 3.8) is 0 Å². The number of aliphatic hydroxyl groups is 1. The fourth-order valence-electron chi connectivity index (χ4n) is 2.47. The van der Waals surface area contributed by atoms with Gasteiger partial charge in [0.15, 0.2) is 0 Å².